The van der Waals surface area contributed by atoms with Crippen LogP contribution in [0, 0.1) is 5.92 Å². The number of ether oxygens (including phenoxy) is 1. The van der Waals surface area contributed by atoms with Crippen LogP contribution in [-0.2, 0) is 9.53 Å². The number of hydrogen-bond donors (Lipinski definition) is 0. The zero-order chi connectivity index (χ0) is 21.4. The van der Waals surface area contributed by atoms with Crippen molar-refractivity contribution in [2.75, 3.05) is 19.7 Å². The highest BCUT2D eigenvalue weighted by molar-refractivity contribution is 6.30. The van der Waals surface area contributed by atoms with E-state index in [2.05, 4.69) is 0 Å². The Labute approximate surface area is 180 Å². The second-order valence-electron chi connectivity index (χ2n) is 7.91. The summed E-state index contributed by atoms with van der Waals surface area (Å²) in [4.78, 5) is 42.2. The number of carbonyl (C=O) groups is 3. The van der Waals surface area contributed by atoms with Crippen LogP contribution in [-0.4, -0.2) is 53.3 Å². The first-order chi connectivity index (χ1) is 14.4. The molecule has 7 heteroatoms. The molecule has 0 N–H and O–H groups in total. The van der Waals surface area contributed by atoms with Crippen LogP contribution in [0.25, 0.3) is 0 Å². The number of hydrogen-bond acceptors (Lipinski definition) is 4. The van der Waals surface area contributed by atoms with Crippen LogP contribution in [0.15, 0.2) is 48.5 Å². The number of halogens is 1. The minimum atomic E-state index is -0.860. The maximum atomic E-state index is 13.5. The third-order valence-corrected chi connectivity index (χ3v) is 5.86. The Morgan fingerprint density at radius 2 is 1.63 bits per heavy atom. The summed E-state index contributed by atoms with van der Waals surface area (Å²) >= 11 is 5.97. The average Bonchev–Trinajstić information content (AvgIpc) is 3.00. The zero-order valence-electron chi connectivity index (χ0n) is 16.9. The Kier molecular flexibility index (Phi) is 5.62. The predicted octanol–water partition coefficient (Wildman–Crippen LogP) is 3.56. The largest absolute Gasteiger partial charge is 0.370 e. The van der Waals surface area contributed by atoms with E-state index in [1.807, 2.05) is 26.0 Å². The number of imide groups is 1. The van der Waals surface area contributed by atoms with Gasteiger partial charge in [0.2, 0.25) is 5.91 Å². The fourth-order valence-corrected chi connectivity index (χ4v) is 4.20. The number of nitrogens with zero attached hydrogens (tertiary/aromatic N) is 2. The van der Waals surface area contributed by atoms with Crippen molar-refractivity contribution in [2.45, 2.75) is 26.0 Å². The van der Waals surface area contributed by atoms with Crippen molar-refractivity contribution in [2.24, 2.45) is 5.92 Å². The Hall–Kier alpha value is -2.70. The fraction of sp³-hybridized carbons (Fsp3) is 0.348. The molecule has 0 saturated carbocycles. The Bertz CT molecular complexity index is 954. The summed E-state index contributed by atoms with van der Waals surface area (Å²) in [5, 5.41) is 0.632. The molecule has 30 heavy (non-hydrogen) atoms. The first kappa shape index (κ1) is 20.6. The van der Waals surface area contributed by atoms with Crippen LogP contribution in [0.5, 0.6) is 0 Å². The van der Waals surface area contributed by atoms with E-state index in [1.54, 1.807) is 41.3 Å². The lowest BCUT2D eigenvalue weighted by molar-refractivity contribution is -0.144. The summed E-state index contributed by atoms with van der Waals surface area (Å²) < 4.78 is 5.86. The molecule has 2 atom stereocenters. The third-order valence-electron chi connectivity index (χ3n) is 5.61. The lowest BCUT2D eigenvalue weighted by atomic mass is 9.99. The van der Waals surface area contributed by atoms with Crippen molar-refractivity contribution in [3.05, 3.63) is 70.2 Å². The molecule has 2 heterocycles. The van der Waals surface area contributed by atoms with E-state index >= 15 is 0 Å². The van der Waals surface area contributed by atoms with E-state index in [0.29, 0.717) is 35.8 Å². The van der Waals surface area contributed by atoms with Gasteiger partial charge in [-0.1, -0.05) is 49.7 Å². The van der Waals surface area contributed by atoms with Gasteiger partial charge in [-0.15, -0.1) is 0 Å². The van der Waals surface area contributed by atoms with Gasteiger partial charge in [-0.25, -0.2) is 0 Å². The van der Waals surface area contributed by atoms with E-state index in [4.69, 9.17) is 16.3 Å². The summed E-state index contributed by atoms with van der Waals surface area (Å²) in [6.45, 7) is 4.85. The van der Waals surface area contributed by atoms with Crippen molar-refractivity contribution in [3.8, 4) is 0 Å². The van der Waals surface area contributed by atoms with Crippen LogP contribution in [0.1, 0.15) is 46.2 Å². The molecule has 0 bridgehead atoms. The highest BCUT2D eigenvalue weighted by Crippen LogP contribution is 2.30. The minimum Gasteiger partial charge on any atom is -0.370 e. The highest BCUT2D eigenvalue weighted by atomic mass is 35.5. The van der Waals surface area contributed by atoms with Crippen molar-refractivity contribution in [1.29, 1.82) is 0 Å². The van der Waals surface area contributed by atoms with E-state index in [9.17, 15) is 14.4 Å². The van der Waals surface area contributed by atoms with Gasteiger partial charge in [0.25, 0.3) is 11.8 Å². The summed E-state index contributed by atoms with van der Waals surface area (Å²) in [6, 6.07) is 13.2. The molecule has 156 valence electrons. The number of rotatable bonds is 4. The van der Waals surface area contributed by atoms with Crippen LogP contribution in [0.2, 0.25) is 5.02 Å². The van der Waals surface area contributed by atoms with Gasteiger partial charge in [-0.05, 0) is 35.7 Å². The second-order valence-corrected chi connectivity index (χ2v) is 8.35. The molecule has 4 rings (SSSR count). The number of fused-ring (bicyclic) bond motifs is 1. The van der Waals surface area contributed by atoms with Crippen LogP contribution < -0.4 is 0 Å². The molecule has 2 aromatic rings. The number of amides is 3. The van der Waals surface area contributed by atoms with Gasteiger partial charge < -0.3 is 9.64 Å². The third kappa shape index (κ3) is 3.61. The van der Waals surface area contributed by atoms with Gasteiger partial charge in [0.15, 0.2) is 0 Å². The summed E-state index contributed by atoms with van der Waals surface area (Å²) in [5.41, 5.74) is 1.63. The van der Waals surface area contributed by atoms with Gasteiger partial charge in [0.1, 0.15) is 12.1 Å². The maximum Gasteiger partial charge on any atom is 0.262 e. The van der Waals surface area contributed by atoms with Gasteiger partial charge in [-0.3, -0.25) is 19.3 Å². The number of benzene rings is 2. The molecule has 2 aliphatic heterocycles. The van der Waals surface area contributed by atoms with Crippen LogP contribution >= 0.6 is 11.6 Å². The average molecular weight is 427 g/mol. The molecule has 1 saturated heterocycles. The number of morpholine rings is 1. The lowest BCUT2D eigenvalue weighted by Crippen LogP contribution is -2.55. The van der Waals surface area contributed by atoms with Gasteiger partial charge in [0.05, 0.1) is 24.3 Å². The fourth-order valence-electron chi connectivity index (χ4n) is 4.07. The predicted molar refractivity (Wildman–Crippen MR) is 112 cm³/mol. The first-order valence-corrected chi connectivity index (χ1v) is 10.4. The minimum absolute atomic E-state index is 0.225. The molecule has 2 aliphatic rings. The van der Waals surface area contributed by atoms with E-state index in [-0.39, 0.29) is 17.9 Å². The molecular weight excluding hydrogens is 404 g/mol. The highest BCUT2D eigenvalue weighted by Gasteiger charge is 2.45. The van der Waals surface area contributed by atoms with Gasteiger partial charge >= 0.3 is 0 Å². The first-order valence-electron chi connectivity index (χ1n) is 10.0. The van der Waals surface area contributed by atoms with Crippen LogP contribution in [0.3, 0.4) is 0 Å². The Morgan fingerprint density at radius 1 is 1.03 bits per heavy atom. The maximum absolute atomic E-state index is 13.5. The van der Waals surface area contributed by atoms with Gasteiger partial charge in [-0.2, -0.15) is 0 Å². The van der Waals surface area contributed by atoms with E-state index < -0.39 is 17.9 Å². The quantitative estimate of drug-likeness (QED) is 0.701. The van der Waals surface area contributed by atoms with Crippen molar-refractivity contribution >= 4 is 29.3 Å². The molecule has 2 unspecified atom stereocenters. The molecule has 0 spiro atoms. The van der Waals surface area contributed by atoms with E-state index in [1.165, 1.54) is 0 Å². The molecular formula is C23H23ClN2O4. The summed E-state index contributed by atoms with van der Waals surface area (Å²) in [7, 11) is 0. The van der Waals surface area contributed by atoms with Gasteiger partial charge in [0, 0.05) is 11.6 Å². The molecule has 0 aromatic heterocycles. The molecule has 6 nitrogen and oxygen atoms in total. The molecule has 2 aromatic carbocycles. The van der Waals surface area contributed by atoms with Crippen LogP contribution in [0.4, 0.5) is 0 Å². The van der Waals surface area contributed by atoms with Crippen molar-refractivity contribution in [1.82, 2.24) is 9.80 Å². The summed E-state index contributed by atoms with van der Waals surface area (Å²) in [6.07, 6.45) is -0.282. The topological polar surface area (TPSA) is 66.9 Å². The zero-order valence-corrected chi connectivity index (χ0v) is 17.6. The Morgan fingerprint density at radius 3 is 2.20 bits per heavy atom. The second kappa shape index (κ2) is 8.20. The monoisotopic (exact) mass is 426 g/mol. The normalized spacial score (nSPS) is 19.9. The SMILES string of the molecule is CC(C)C(C(=O)N1CCOC(c2ccc(Cl)cc2)C1)N1C(=O)c2ccccc2C1=O. The summed E-state index contributed by atoms with van der Waals surface area (Å²) in [5.74, 6) is -1.28. The lowest BCUT2D eigenvalue weighted by Gasteiger charge is -2.38. The van der Waals surface area contributed by atoms with Crippen molar-refractivity contribution in [3.63, 3.8) is 0 Å². The Balaban J connectivity index is 1.58. The molecule has 0 aliphatic carbocycles. The molecule has 1 fully saturated rings. The smallest absolute Gasteiger partial charge is 0.262 e. The standard InChI is InChI=1S/C23H23ClN2O4/c1-14(2)20(26-21(27)17-5-3-4-6-18(17)22(26)28)23(29)25-11-12-30-19(13-25)15-7-9-16(24)10-8-15/h3-10,14,19-20H,11-13H2,1-2H3. The molecule has 3 amide bonds. The van der Waals surface area contributed by atoms with Crippen molar-refractivity contribution < 1.29 is 19.1 Å². The molecule has 0 radical (unpaired) electrons. The number of carbonyl (C=O) groups excluding carboxylic acids is 3. The van der Waals surface area contributed by atoms with E-state index in [0.717, 1.165) is 10.5 Å².